The van der Waals surface area contributed by atoms with Gasteiger partial charge in [0, 0.05) is 42.2 Å². The zero-order valence-corrected chi connectivity index (χ0v) is 24.0. The van der Waals surface area contributed by atoms with E-state index in [1.807, 2.05) is 48.0 Å². The minimum absolute atomic E-state index is 0.0468. The van der Waals surface area contributed by atoms with Crippen molar-refractivity contribution in [3.8, 4) is 5.82 Å². The van der Waals surface area contributed by atoms with Crippen LogP contribution in [-0.2, 0) is 19.6 Å². The molecule has 1 aromatic carbocycles. The van der Waals surface area contributed by atoms with Crippen molar-refractivity contribution in [3.05, 3.63) is 64.8 Å². The maximum absolute atomic E-state index is 13.8. The molecule has 2 aromatic heterocycles. The van der Waals surface area contributed by atoms with Crippen molar-refractivity contribution >= 4 is 61.6 Å². The van der Waals surface area contributed by atoms with Crippen LogP contribution in [0, 0.1) is 0 Å². The third-order valence-corrected chi connectivity index (χ3v) is 8.24. The summed E-state index contributed by atoms with van der Waals surface area (Å²) in [5, 5.41) is 8.78. The van der Waals surface area contributed by atoms with Gasteiger partial charge in [0.15, 0.2) is 11.6 Å². The van der Waals surface area contributed by atoms with E-state index in [9.17, 15) is 13.2 Å². The summed E-state index contributed by atoms with van der Waals surface area (Å²) < 4.78 is 36.0. The largest absolute Gasteiger partial charge is 0.459 e. The monoisotopic (exact) mass is 577 g/mol. The number of sulfonamides is 1. The maximum Gasteiger partial charge on any atom is 0.327 e. The Morgan fingerprint density at radius 2 is 1.87 bits per heavy atom. The van der Waals surface area contributed by atoms with Crippen molar-refractivity contribution in [2.75, 3.05) is 29.8 Å². The predicted molar refractivity (Wildman–Crippen MR) is 152 cm³/mol. The average molecular weight is 579 g/mol. The molecule has 38 heavy (non-hydrogen) atoms. The number of anilines is 2. The number of aromatic nitrogens is 3. The van der Waals surface area contributed by atoms with Crippen LogP contribution in [0.1, 0.15) is 27.2 Å². The Morgan fingerprint density at radius 3 is 2.47 bits per heavy atom. The zero-order chi connectivity index (χ0) is 27.8. The summed E-state index contributed by atoms with van der Waals surface area (Å²) in [5.74, 6) is 0.657. The molecular weight excluding hydrogens is 549 g/mol. The van der Waals surface area contributed by atoms with Crippen molar-refractivity contribution in [1.82, 2.24) is 14.8 Å². The Balaban J connectivity index is 1.74. The summed E-state index contributed by atoms with van der Waals surface area (Å²) >= 11 is 12.3. The van der Waals surface area contributed by atoms with Gasteiger partial charge in [-0.3, -0.25) is 13.7 Å². The van der Waals surface area contributed by atoms with Crippen LogP contribution in [0.2, 0.25) is 0 Å². The highest BCUT2D eigenvalue weighted by molar-refractivity contribution is 7.93. The van der Waals surface area contributed by atoms with E-state index in [-0.39, 0.29) is 11.5 Å². The summed E-state index contributed by atoms with van der Waals surface area (Å²) in [6.45, 7) is 4.66. The summed E-state index contributed by atoms with van der Waals surface area (Å²) in [6, 6.07) is 10.7. The molecule has 0 spiro atoms. The fraction of sp³-hybridized carbons (Fsp3) is 0.346. The van der Waals surface area contributed by atoms with E-state index < -0.39 is 33.4 Å². The third kappa shape index (κ3) is 6.14. The van der Waals surface area contributed by atoms with Gasteiger partial charge in [-0.25, -0.2) is 8.42 Å². The lowest BCUT2D eigenvalue weighted by molar-refractivity contribution is -0.152. The highest BCUT2D eigenvalue weighted by Gasteiger charge is 2.35. The van der Waals surface area contributed by atoms with Crippen molar-refractivity contribution in [1.29, 1.82) is 0 Å². The molecule has 0 saturated carbocycles. The molecule has 0 saturated heterocycles. The van der Waals surface area contributed by atoms with Gasteiger partial charge in [-0.05, 0) is 69.3 Å². The fourth-order valence-electron chi connectivity index (χ4n) is 4.03. The maximum atomic E-state index is 13.8. The van der Waals surface area contributed by atoms with E-state index in [0.717, 1.165) is 21.0 Å². The van der Waals surface area contributed by atoms with E-state index in [2.05, 4.69) is 10.2 Å². The molecule has 4 rings (SSSR count). The Bertz CT molecular complexity index is 1520. The molecule has 12 heteroatoms. The summed E-state index contributed by atoms with van der Waals surface area (Å²) in [5.41, 5.74) is 0.323. The van der Waals surface area contributed by atoms with Crippen LogP contribution in [-0.4, -0.2) is 60.6 Å². The number of halogens is 2. The summed E-state index contributed by atoms with van der Waals surface area (Å²) in [6.07, 6.45) is 4.81. The van der Waals surface area contributed by atoms with Gasteiger partial charge in [-0.1, -0.05) is 23.2 Å². The van der Waals surface area contributed by atoms with Crippen LogP contribution in [0.5, 0.6) is 0 Å². The van der Waals surface area contributed by atoms with Crippen LogP contribution in [0.15, 0.2) is 64.8 Å². The highest BCUT2D eigenvalue weighted by Crippen LogP contribution is 2.33. The Hall–Kier alpha value is -3.08. The molecule has 0 radical (unpaired) electrons. The number of esters is 1. The minimum atomic E-state index is -4.11. The molecule has 0 aliphatic heterocycles. The quantitative estimate of drug-likeness (QED) is 0.365. The second-order valence-electron chi connectivity index (χ2n) is 10.1. The van der Waals surface area contributed by atoms with E-state index in [4.69, 9.17) is 27.9 Å². The smallest absolute Gasteiger partial charge is 0.327 e. The molecule has 0 bridgehead atoms. The number of benzene rings is 1. The number of hydrogen-bond donors (Lipinski definition) is 0. The Labute approximate surface area is 232 Å². The van der Waals surface area contributed by atoms with Gasteiger partial charge in [-0.15, -0.1) is 10.2 Å². The van der Waals surface area contributed by atoms with Gasteiger partial charge in [0.2, 0.25) is 10.0 Å². The standard InChI is InChI=1S/C26H29Cl2N5O4S/c1-26(2,3)37-25(34)16-33(38(35,36)21-14-18(27)13-19(28)15-21)20-6-7-22-17(12-20)10-11-32(22)24-9-8-23(29-30-24)31(4)5/h6-14,21H,15-16H2,1-5H3. The predicted octanol–water partition coefficient (Wildman–Crippen LogP) is 4.98. The molecule has 202 valence electrons. The van der Waals surface area contributed by atoms with Crippen molar-refractivity contribution in [2.45, 2.75) is 38.0 Å². The van der Waals surface area contributed by atoms with Gasteiger partial charge in [0.1, 0.15) is 17.4 Å². The first-order chi connectivity index (χ1) is 17.7. The molecule has 9 nitrogen and oxygen atoms in total. The van der Waals surface area contributed by atoms with Crippen LogP contribution in [0.4, 0.5) is 11.5 Å². The summed E-state index contributed by atoms with van der Waals surface area (Å²) in [7, 11) is -0.341. The van der Waals surface area contributed by atoms with Crippen molar-refractivity contribution in [2.24, 2.45) is 0 Å². The van der Waals surface area contributed by atoms with Gasteiger partial charge < -0.3 is 9.64 Å². The van der Waals surface area contributed by atoms with Crippen LogP contribution < -0.4 is 9.21 Å². The first kappa shape index (κ1) is 27.9. The Kier molecular flexibility index (Phi) is 7.79. The topological polar surface area (TPSA) is 97.6 Å². The van der Waals surface area contributed by atoms with Crippen LogP contribution >= 0.6 is 23.2 Å². The molecule has 1 aliphatic carbocycles. The molecule has 0 fully saturated rings. The lowest BCUT2D eigenvalue weighted by Crippen LogP contribution is -2.43. The number of nitrogens with zero attached hydrogens (tertiary/aromatic N) is 5. The van der Waals surface area contributed by atoms with Crippen LogP contribution in [0.3, 0.4) is 0 Å². The van der Waals surface area contributed by atoms with Gasteiger partial charge in [0.05, 0.1) is 11.2 Å². The molecule has 3 aromatic rings. The highest BCUT2D eigenvalue weighted by atomic mass is 35.5. The zero-order valence-electron chi connectivity index (χ0n) is 21.7. The first-order valence-electron chi connectivity index (χ1n) is 11.8. The SMILES string of the molecule is CN(C)c1ccc(-n2ccc3cc(N(CC(=O)OC(C)(C)C)S(=O)(=O)C4C=C(Cl)C=C(Cl)C4)ccc32)nn1. The van der Waals surface area contributed by atoms with Gasteiger partial charge in [-0.2, -0.15) is 0 Å². The average Bonchev–Trinajstić information content (AvgIpc) is 3.24. The number of carbonyl (C=O) groups excluding carboxylic acids is 1. The Morgan fingerprint density at radius 1 is 1.13 bits per heavy atom. The van der Waals surface area contributed by atoms with E-state index in [1.165, 1.54) is 12.2 Å². The first-order valence-corrected chi connectivity index (χ1v) is 14.1. The molecule has 0 N–H and O–H groups in total. The number of allylic oxidation sites excluding steroid dienone is 3. The number of ether oxygens (including phenoxy) is 1. The molecule has 0 amide bonds. The normalized spacial score (nSPS) is 16.1. The van der Waals surface area contributed by atoms with E-state index in [0.29, 0.717) is 16.5 Å². The van der Waals surface area contributed by atoms with Gasteiger partial charge in [0.25, 0.3) is 0 Å². The lowest BCUT2D eigenvalue weighted by atomic mass is 10.2. The molecular formula is C26H29Cl2N5O4S. The molecule has 2 heterocycles. The molecule has 1 atom stereocenters. The second-order valence-corrected chi connectivity index (χ2v) is 13.1. The third-order valence-electron chi connectivity index (χ3n) is 5.72. The van der Waals surface area contributed by atoms with Crippen molar-refractivity contribution < 1.29 is 17.9 Å². The fourth-order valence-corrected chi connectivity index (χ4v) is 6.55. The molecule has 1 unspecified atom stereocenters. The number of hydrogen-bond acceptors (Lipinski definition) is 7. The number of carbonyl (C=O) groups is 1. The second kappa shape index (κ2) is 10.6. The van der Waals surface area contributed by atoms with E-state index in [1.54, 1.807) is 39.0 Å². The lowest BCUT2D eigenvalue weighted by Gasteiger charge is -2.30. The number of rotatable bonds is 7. The van der Waals surface area contributed by atoms with E-state index >= 15 is 0 Å². The van der Waals surface area contributed by atoms with Crippen LogP contribution in [0.25, 0.3) is 16.7 Å². The van der Waals surface area contributed by atoms with Gasteiger partial charge >= 0.3 is 5.97 Å². The molecule has 1 aliphatic rings. The number of fused-ring (bicyclic) bond motifs is 1. The van der Waals surface area contributed by atoms with Crippen molar-refractivity contribution in [3.63, 3.8) is 0 Å². The minimum Gasteiger partial charge on any atom is -0.459 e. The summed E-state index contributed by atoms with van der Waals surface area (Å²) in [4.78, 5) is 14.7.